The Morgan fingerprint density at radius 1 is 1.31 bits per heavy atom. The average Bonchev–Trinajstić information content (AvgIpc) is 2.15. The van der Waals surface area contributed by atoms with E-state index in [1.807, 2.05) is 27.7 Å². The number of H-pyrrole nitrogens is 1. The van der Waals surface area contributed by atoms with Crippen LogP contribution in [0.15, 0.2) is 9.59 Å². The van der Waals surface area contributed by atoms with Gasteiger partial charge < -0.3 is 0 Å². The number of nitrogens with one attached hydrogen (secondary N) is 1. The van der Waals surface area contributed by atoms with E-state index in [9.17, 15) is 9.59 Å². The van der Waals surface area contributed by atoms with Gasteiger partial charge in [0.15, 0.2) is 0 Å². The first-order valence-electron chi connectivity index (χ1n) is 5.44. The normalized spacial score (nSPS) is 13.1. The van der Waals surface area contributed by atoms with Crippen LogP contribution in [-0.2, 0) is 0 Å². The molecule has 4 nitrogen and oxygen atoms in total. The zero-order valence-electron chi connectivity index (χ0n) is 10.0. The summed E-state index contributed by atoms with van der Waals surface area (Å²) in [4.78, 5) is 26.3. The van der Waals surface area contributed by atoms with Crippen molar-refractivity contribution in [2.45, 2.75) is 46.1 Å². The molecule has 0 radical (unpaired) electrons. The lowest BCUT2D eigenvalue weighted by Gasteiger charge is -2.15. The number of aromatic nitrogens is 2. The third kappa shape index (κ3) is 2.21. The molecular formula is C11H17ClN2O2. The van der Waals surface area contributed by atoms with E-state index >= 15 is 0 Å². The van der Waals surface area contributed by atoms with E-state index in [-0.39, 0.29) is 22.7 Å². The first-order valence-corrected chi connectivity index (χ1v) is 5.82. The van der Waals surface area contributed by atoms with E-state index in [0.717, 1.165) is 6.42 Å². The summed E-state index contributed by atoms with van der Waals surface area (Å²) in [5.41, 5.74) is -0.242. The zero-order chi connectivity index (χ0) is 12.5. The second-order valence-corrected chi connectivity index (χ2v) is 4.62. The van der Waals surface area contributed by atoms with Crippen LogP contribution in [0.3, 0.4) is 0 Å². The molecule has 0 aliphatic rings. The SMILES string of the molecule is CCC(C)n1c(=O)[nH]c(Cl)c(C(C)C)c1=O. The molecule has 1 heterocycles. The zero-order valence-corrected chi connectivity index (χ0v) is 10.8. The molecule has 0 spiro atoms. The molecule has 1 atom stereocenters. The first kappa shape index (κ1) is 13.0. The molecule has 16 heavy (non-hydrogen) atoms. The molecule has 1 unspecified atom stereocenters. The lowest BCUT2D eigenvalue weighted by atomic mass is 10.1. The highest BCUT2D eigenvalue weighted by Gasteiger charge is 2.17. The van der Waals surface area contributed by atoms with Gasteiger partial charge in [-0.3, -0.25) is 14.3 Å². The Morgan fingerprint density at radius 2 is 1.88 bits per heavy atom. The van der Waals surface area contributed by atoms with Gasteiger partial charge in [0.1, 0.15) is 5.15 Å². The summed E-state index contributed by atoms with van der Waals surface area (Å²) in [5.74, 6) is -0.00726. The van der Waals surface area contributed by atoms with Crippen molar-refractivity contribution in [2.75, 3.05) is 0 Å². The lowest BCUT2D eigenvalue weighted by Crippen LogP contribution is -2.39. The summed E-state index contributed by atoms with van der Waals surface area (Å²) in [6, 6.07) is -0.119. The van der Waals surface area contributed by atoms with E-state index in [2.05, 4.69) is 4.98 Å². The number of hydrogen-bond donors (Lipinski definition) is 1. The van der Waals surface area contributed by atoms with Crippen molar-refractivity contribution < 1.29 is 0 Å². The van der Waals surface area contributed by atoms with E-state index in [1.54, 1.807) is 0 Å². The molecule has 1 N–H and O–H groups in total. The molecule has 1 aromatic heterocycles. The summed E-state index contributed by atoms with van der Waals surface area (Å²) in [7, 11) is 0. The van der Waals surface area contributed by atoms with Crippen LogP contribution in [0.4, 0.5) is 0 Å². The van der Waals surface area contributed by atoms with Gasteiger partial charge in [0.05, 0.1) is 5.56 Å². The number of halogens is 1. The summed E-state index contributed by atoms with van der Waals surface area (Å²) >= 11 is 5.88. The fourth-order valence-electron chi connectivity index (χ4n) is 1.62. The van der Waals surface area contributed by atoms with Gasteiger partial charge in [0, 0.05) is 6.04 Å². The highest BCUT2D eigenvalue weighted by Crippen LogP contribution is 2.17. The molecule has 90 valence electrons. The maximum Gasteiger partial charge on any atom is 0.329 e. The van der Waals surface area contributed by atoms with Crippen LogP contribution in [0.2, 0.25) is 5.15 Å². The molecule has 1 rings (SSSR count). The minimum absolute atomic E-state index is 0.00726. The van der Waals surface area contributed by atoms with Gasteiger partial charge in [0.25, 0.3) is 5.56 Å². The van der Waals surface area contributed by atoms with Gasteiger partial charge in [-0.2, -0.15) is 0 Å². The summed E-state index contributed by atoms with van der Waals surface area (Å²) in [5, 5.41) is 0.157. The fraction of sp³-hybridized carbons (Fsp3) is 0.636. The van der Waals surface area contributed by atoms with Crippen molar-refractivity contribution >= 4 is 11.6 Å². The molecule has 0 aliphatic carbocycles. The molecular weight excluding hydrogens is 228 g/mol. The number of hydrogen-bond acceptors (Lipinski definition) is 2. The Balaban J connectivity index is 3.59. The average molecular weight is 245 g/mol. The second kappa shape index (κ2) is 4.87. The monoisotopic (exact) mass is 244 g/mol. The second-order valence-electron chi connectivity index (χ2n) is 4.24. The number of nitrogens with zero attached hydrogens (tertiary/aromatic N) is 1. The molecule has 1 aromatic rings. The standard InChI is InChI=1S/C11H17ClN2O2/c1-5-7(4)14-10(15)8(6(2)3)9(12)13-11(14)16/h6-7H,5H2,1-4H3,(H,13,16). The van der Waals surface area contributed by atoms with Crippen LogP contribution in [0.5, 0.6) is 0 Å². The topological polar surface area (TPSA) is 54.9 Å². The molecule has 0 amide bonds. The maximum atomic E-state index is 12.1. The Morgan fingerprint density at radius 3 is 2.31 bits per heavy atom. The van der Waals surface area contributed by atoms with E-state index in [1.165, 1.54) is 4.57 Å². The van der Waals surface area contributed by atoms with Gasteiger partial charge in [0.2, 0.25) is 0 Å². The minimum Gasteiger partial charge on any atom is -0.297 e. The molecule has 0 saturated heterocycles. The van der Waals surface area contributed by atoms with Crippen LogP contribution in [-0.4, -0.2) is 9.55 Å². The largest absolute Gasteiger partial charge is 0.329 e. The molecule has 0 aromatic carbocycles. The van der Waals surface area contributed by atoms with Crippen molar-refractivity contribution in [3.05, 3.63) is 31.6 Å². The Bertz CT molecular complexity index is 488. The van der Waals surface area contributed by atoms with Crippen LogP contribution in [0, 0.1) is 0 Å². The van der Waals surface area contributed by atoms with Crippen molar-refractivity contribution in [1.29, 1.82) is 0 Å². The van der Waals surface area contributed by atoms with Crippen molar-refractivity contribution in [2.24, 2.45) is 0 Å². The number of rotatable bonds is 3. The number of aromatic amines is 1. The Labute approximate surface area is 99.3 Å². The predicted octanol–water partition coefficient (Wildman–Crippen LogP) is 2.28. The molecule has 0 saturated carbocycles. The minimum atomic E-state index is -0.436. The predicted molar refractivity (Wildman–Crippen MR) is 65.4 cm³/mol. The van der Waals surface area contributed by atoms with Gasteiger partial charge in [-0.05, 0) is 19.3 Å². The van der Waals surface area contributed by atoms with E-state index in [4.69, 9.17) is 11.6 Å². The summed E-state index contributed by atoms with van der Waals surface area (Å²) in [6.07, 6.45) is 0.724. The van der Waals surface area contributed by atoms with Crippen molar-refractivity contribution in [1.82, 2.24) is 9.55 Å². The van der Waals surface area contributed by atoms with Gasteiger partial charge >= 0.3 is 5.69 Å². The van der Waals surface area contributed by atoms with Crippen LogP contribution in [0.1, 0.15) is 51.6 Å². The summed E-state index contributed by atoms with van der Waals surface area (Å²) in [6.45, 7) is 7.53. The molecule has 5 heteroatoms. The lowest BCUT2D eigenvalue weighted by molar-refractivity contribution is 0.484. The third-order valence-electron chi connectivity index (χ3n) is 2.73. The fourth-order valence-corrected chi connectivity index (χ4v) is 2.00. The van der Waals surface area contributed by atoms with E-state index < -0.39 is 5.69 Å². The molecule has 0 fully saturated rings. The third-order valence-corrected chi connectivity index (χ3v) is 3.03. The maximum absolute atomic E-state index is 12.1. The Hall–Kier alpha value is -1.03. The molecule has 0 bridgehead atoms. The molecule has 0 aliphatic heterocycles. The van der Waals surface area contributed by atoms with Crippen LogP contribution in [0.25, 0.3) is 0 Å². The van der Waals surface area contributed by atoms with Crippen LogP contribution >= 0.6 is 11.6 Å². The highest BCUT2D eigenvalue weighted by atomic mass is 35.5. The van der Waals surface area contributed by atoms with Gasteiger partial charge in [-0.25, -0.2) is 4.79 Å². The highest BCUT2D eigenvalue weighted by molar-refractivity contribution is 6.30. The van der Waals surface area contributed by atoms with Gasteiger partial charge in [-0.15, -0.1) is 0 Å². The van der Waals surface area contributed by atoms with E-state index in [0.29, 0.717) is 5.56 Å². The first-order chi connectivity index (χ1) is 7.40. The van der Waals surface area contributed by atoms with Crippen LogP contribution < -0.4 is 11.2 Å². The van der Waals surface area contributed by atoms with Crippen molar-refractivity contribution in [3.8, 4) is 0 Å². The quantitative estimate of drug-likeness (QED) is 0.830. The van der Waals surface area contributed by atoms with Gasteiger partial charge in [-0.1, -0.05) is 32.4 Å². The Kier molecular flexibility index (Phi) is 3.97. The smallest absolute Gasteiger partial charge is 0.297 e. The van der Waals surface area contributed by atoms with Crippen molar-refractivity contribution in [3.63, 3.8) is 0 Å². The summed E-state index contributed by atoms with van der Waals surface area (Å²) < 4.78 is 1.24.